The highest BCUT2D eigenvalue weighted by atomic mass is 16.4. The van der Waals surface area contributed by atoms with Gasteiger partial charge in [0.25, 0.3) is 0 Å². The molecule has 2 aliphatic carbocycles. The van der Waals surface area contributed by atoms with Crippen molar-refractivity contribution in [2.45, 2.75) is 52.6 Å². The molecule has 0 aromatic heterocycles. The summed E-state index contributed by atoms with van der Waals surface area (Å²) in [6.45, 7) is 6.76. The third-order valence-electron chi connectivity index (χ3n) is 6.58. The monoisotopic (exact) mass is 380 g/mol. The number of fused-ring (bicyclic) bond motifs is 1. The third kappa shape index (κ3) is 3.89. The molecule has 0 aliphatic heterocycles. The number of carbonyl (C=O) groups excluding carboxylic acids is 1. The van der Waals surface area contributed by atoms with Crippen LogP contribution >= 0.6 is 0 Å². The van der Waals surface area contributed by atoms with Crippen LogP contribution in [0.2, 0.25) is 0 Å². The van der Waals surface area contributed by atoms with E-state index in [0.29, 0.717) is 6.42 Å². The van der Waals surface area contributed by atoms with E-state index in [1.54, 1.807) is 19.9 Å². The molecule has 0 spiro atoms. The number of Topliss-reactive ketones (excluding diaryl/α,β-unsaturated/α-hetero) is 1. The Morgan fingerprint density at radius 1 is 1.26 bits per heavy atom. The van der Waals surface area contributed by atoms with Crippen LogP contribution in [0.15, 0.2) is 23.3 Å². The molecule has 0 amide bonds. The molecule has 27 heavy (non-hydrogen) atoms. The number of aliphatic hydroxyl groups is 3. The van der Waals surface area contributed by atoms with Gasteiger partial charge in [0.05, 0.1) is 18.1 Å². The average Bonchev–Trinajstić information content (AvgIpc) is 2.52. The van der Waals surface area contributed by atoms with E-state index in [1.807, 2.05) is 19.9 Å². The van der Waals surface area contributed by atoms with Gasteiger partial charge in [-0.2, -0.15) is 0 Å². The summed E-state index contributed by atoms with van der Waals surface area (Å²) in [5, 5.41) is 39.3. The number of carbonyl (C=O) groups is 2. The third-order valence-corrected chi connectivity index (χ3v) is 6.58. The van der Waals surface area contributed by atoms with Crippen LogP contribution in [0.5, 0.6) is 0 Å². The van der Waals surface area contributed by atoms with Crippen molar-refractivity contribution >= 4 is 11.8 Å². The number of ketones is 1. The zero-order chi connectivity index (χ0) is 20.6. The molecule has 0 radical (unpaired) electrons. The summed E-state index contributed by atoms with van der Waals surface area (Å²) in [6, 6.07) is 0. The van der Waals surface area contributed by atoms with Crippen LogP contribution in [-0.2, 0) is 9.59 Å². The second kappa shape index (κ2) is 7.86. The normalized spacial score (nSPS) is 39.5. The van der Waals surface area contributed by atoms with Gasteiger partial charge in [0.2, 0.25) is 0 Å². The molecule has 1 fully saturated rings. The van der Waals surface area contributed by atoms with Gasteiger partial charge in [0, 0.05) is 24.4 Å². The number of rotatable bonds is 6. The van der Waals surface area contributed by atoms with Crippen molar-refractivity contribution in [3.8, 4) is 0 Å². The summed E-state index contributed by atoms with van der Waals surface area (Å²) in [4.78, 5) is 25.3. The Morgan fingerprint density at radius 2 is 1.89 bits per heavy atom. The number of aliphatic carboxylic acids is 1. The van der Waals surface area contributed by atoms with E-state index in [1.165, 1.54) is 0 Å². The Balaban J connectivity index is 2.70. The summed E-state index contributed by atoms with van der Waals surface area (Å²) >= 11 is 0. The molecule has 0 aromatic carbocycles. The molecule has 2 rings (SSSR count). The fourth-order valence-electron chi connectivity index (χ4n) is 5.79. The second-order valence-corrected chi connectivity index (χ2v) is 8.69. The van der Waals surface area contributed by atoms with Gasteiger partial charge < -0.3 is 20.4 Å². The van der Waals surface area contributed by atoms with E-state index < -0.39 is 28.8 Å². The Morgan fingerprint density at radius 3 is 2.41 bits per heavy atom. The molecule has 152 valence electrons. The Labute approximate surface area is 160 Å². The zero-order valence-electron chi connectivity index (χ0n) is 16.6. The lowest BCUT2D eigenvalue weighted by Crippen LogP contribution is -2.57. The van der Waals surface area contributed by atoms with Crippen LogP contribution in [0.4, 0.5) is 0 Å². The number of hydrogen-bond acceptors (Lipinski definition) is 5. The fourth-order valence-corrected chi connectivity index (χ4v) is 5.79. The van der Waals surface area contributed by atoms with Crippen molar-refractivity contribution < 1.29 is 30.0 Å². The molecule has 6 nitrogen and oxygen atoms in total. The summed E-state index contributed by atoms with van der Waals surface area (Å²) < 4.78 is 0. The van der Waals surface area contributed by atoms with Crippen molar-refractivity contribution in [3.05, 3.63) is 23.3 Å². The summed E-state index contributed by atoms with van der Waals surface area (Å²) in [5.74, 6) is -3.10. The van der Waals surface area contributed by atoms with Crippen molar-refractivity contribution in [1.82, 2.24) is 0 Å². The minimum absolute atomic E-state index is 0.0430. The molecule has 6 heteroatoms. The highest BCUT2D eigenvalue weighted by Gasteiger charge is 2.59. The van der Waals surface area contributed by atoms with Gasteiger partial charge in [-0.05, 0) is 45.4 Å². The lowest BCUT2D eigenvalue weighted by molar-refractivity contribution is -0.164. The number of carboxylic acids is 1. The van der Waals surface area contributed by atoms with E-state index in [9.17, 15) is 30.0 Å². The number of aliphatic hydroxyl groups excluding tert-OH is 2. The van der Waals surface area contributed by atoms with Gasteiger partial charge in [-0.3, -0.25) is 9.59 Å². The molecule has 0 aromatic rings. The Kier molecular flexibility index (Phi) is 6.34. The zero-order valence-corrected chi connectivity index (χ0v) is 16.6. The van der Waals surface area contributed by atoms with E-state index in [-0.39, 0.29) is 43.7 Å². The lowest BCUT2D eigenvalue weighted by atomic mass is 9.47. The maximum atomic E-state index is 13.2. The fraction of sp³-hybridized carbons (Fsp3) is 0.714. The minimum atomic E-state index is -1.11. The molecule has 1 saturated carbocycles. The van der Waals surface area contributed by atoms with E-state index in [2.05, 4.69) is 0 Å². The van der Waals surface area contributed by atoms with E-state index in [0.717, 1.165) is 11.1 Å². The molecule has 6 atom stereocenters. The maximum absolute atomic E-state index is 13.2. The lowest BCUT2D eigenvalue weighted by Gasteiger charge is -2.55. The molecule has 0 bridgehead atoms. The van der Waals surface area contributed by atoms with Crippen LogP contribution in [-0.4, -0.2) is 51.0 Å². The topological polar surface area (TPSA) is 115 Å². The standard InChI is InChI=1S/C21H32O6/c1-12(5-7-22)17-13(2)9-14-10-20(3,27)11-15(19(25)26)18(14)21(17,4)16(24)6-8-23/h5,9,14-15,17-18,22-23,27H,6-8,10-11H2,1-4H3,(H,25,26). The molecular weight excluding hydrogens is 348 g/mol. The molecule has 6 unspecified atom stereocenters. The molecule has 0 saturated heterocycles. The Bertz CT molecular complexity index is 662. The quantitative estimate of drug-likeness (QED) is 0.524. The number of allylic oxidation sites excluding steroid dienone is 3. The van der Waals surface area contributed by atoms with Crippen molar-refractivity contribution in [2.24, 2.45) is 29.1 Å². The number of carboxylic acid groups (broad SMARTS) is 1. The van der Waals surface area contributed by atoms with Crippen molar-refractivity contribution in [1.29, 1.82) is 0 Å². The van der Waals surface area contributed by atoms with Crippen molar-refractivity contribution in [3.63, 3.8) is 0 Å². The largest absolute Gasteiger partial charge is 0.481 e. The van der Waals surface area contributed by atoms with E-state index >= 15 is 0 Å². The van der Waals surface area contributed by atoms with Gasteiger partial charge in [0.1, 0.15) is 5.78 Å². The predicted octanol–water partition coefficient (Wildman–Crippen LogP) is 1.94. The second-order valence-electron chi connectivity index (χ2n) is 8.69. The van der Waals surface area contributed by atoms with Crippen LogP contribution < -0.4 is 0 Å². The first-order chi connectivity index (χ1) is 12.5. The van der Waals surface area contributed by atoms with Crippen LogP contribution in [0.1, 0.15) is 47.0 Å². The average molecular weight is 380 g/mol. The molecule has 4 N–H and O–H groups in total. The summed E-state index contributed by atoms with van der Waals surface area (Å²) in [5.41, 5.74) is -0.374. The van der Waals surface area contributed by atoms with Gasteiger partial charge in [-0.25, -0.2) is 0 Å². The van der Waals surface area contributed by atoms with Crippen molar-refractivity contribution in [2.75, 3.05) is 13.2 Å². The smallest absolute Gasteiger partial charge is 0.306 e. The summed E-state index contributed by atoms with van der Waals surface area (Å²) in [6.07, 6.45) is 4.10. The number of hydrogen-bond donors (Lipinski definition) is 4. The van der Waals surface area contributed by atoms with Crippen LogP contribution in [0.25, 0.3) is 0 Å². The highest BCUT2D eigenvalue weighted by Crippen LogP contribution is 2.59. The molecule has 0 heterocycles. The first kappa shape index (κ1) is 21.8. The van der Waals surface area contributed by atoms with Gasteiger partial charge in [-0.1, -0.05) is 30.2 Å². The predicted molar refractivity (Wildman–Crippen MR) is 101 cm³/mol. The highest BCUT2D eigenvalue weighted by molar-refractivity contribution is 5.87. The first-order valence-corrected chi connectivity index (χ1v) is 9.54. The Hall–Kier alpha value is -1.50. The first-order valence-electron chi connectivity index (χ1n) is 9.54. The van der Waals surface area contributed by atoms with Crippen LogP contribution in [0.3, 0.4) is 0 Å². The summed E-state index contributed by atoms with van der Waals surface area (Å²) in [7, 11) is 0. The van der Waals surface area contributed by atoms with Gasteiger partial charge in [0.15, 0.2) is 0 Å². The molecule has 2 aliphatic rings. The SMILES string of the molecule is CC(=CCO)C1C(C)=CC2CC(C)(O)CC(C(=O)O)C2C1(C)C(=O)CCO. The van der Waals surface area contributed by atoms with Crippen LogP contribution in [0, 0.1) is 29.1 Å². The van der Waals surface area contributed by atoms with Gasteiger partial charge >= 0.3 is 5.97 Å². The maximum Gasteiger partial charge on any atom is 0.306 e. The minimum Gasteiger partial charge on any atom is -0.481 e. The van der Waals surface area contributed by atoms with Gasteiger partial charge in [-0.15, -0.1) is 0 Å². The molecular formula is C21H32O6. The van der Waals surface area contributed by atoms with E-state index in [4.69, 9.17) is 0 Å².